The third-order valence-electron chi connectivity index (χ3n) is 5.34. The maximum absolute atomic E-state index is 12.0. The third kappa shape index (κ3) is 6.84. The molecule has 2 aromatic carbocycles. The van der Waals surface area contributed by atoms with Gasteiger partial charge in [-0.05, 0) is 48.9 Å². The van der Waals surface area contributed by atoms with Gasteiger partial charge in [0.1, 0.15) is 0 Å². The van der Waals surface area contributed by atoms with Crippen LogP contribution in [-0.4, -0.2) is 48.9 Å². The van der Waals surface area contributed by atoms with Crippen LogP contribution in [0.25, 0.3) is 0 Å². The van der Waals surface area contributed by atoms with Crippen LogP contribution in [0.3, 0.4) is 0 Å². The molecule has 1 atom stereocenters. The van der Waals surface area contributed by atoms with E-state index in [4.69, 9.17) is 10.7 Å². The number of hydrogen-bond donors (Lipinski definition) is 3. The predicted molar refractivity (Wildman–Crippen MR) is 123 cm³/mol. The number of primary amides is 1. The van der Waals surface area contributed by atoms with Gasteiger partial charge in [0.25, 0.3) is 5.91 Å². The molecule has 4 N–H and O–H groups in total. The molecule has 2 amide bonds. The predicted octanol–water partition coefficient (Wildman–Crippen LogP) is 1.93. The molecular weight excluding hydrogens is 390 g/mol. The van der Waals surface area contributed by atoms with E-state index in [0.717, 1.165) is 44.0 Å². The average molecular weight is 422 g/mol. The first-order valence-corrected chi connectivity index (χ1v) is 10.8. The molecule has 0 aliphatic carbocycles. The van der Waals surface area contributed by atoms with Gasteiger partial charge in [0.15, 0.2) is 5.96 Å². The molecule has 0 radical (unpaired) electrons. The van der Waals surface area contributed by atoms with Gasteiger partial charge in [-0.2, -0.15) is 0 Å². The summed E-state index contributed by atoms with van der Waals surface area (Å²) < 4.78 is 0. The molecule has 1 heterocycles. The summed E-state index contributed by atoms with van der Waals surface area (Å²) in [6, 6.07) is 17.9. The molecule has 1 aliphatic heterocycles. The number of nitrogens with one attached hydrogen (secondary N) is 2. The van der Waals surface area contributed by atoms with E-state index >= 15 is 0 Å². The molecule has 0 saturated carbocycles. The summed E-state index contributed by atoms with van der Waals surface area (Å²) in [5, 5.41) is 5.89. The second-order valence-electron chi connectivity index (χ2n) is 7.81. The molecule has 7 nitrogen and oxygen atoms in total. The van der Waals surface area contributed by atoms with Crippen molar-refractivity contribution in [2.24, 2.45) is 16.6 Å². The summed E-state index contributed by atoms with van der Waals surface area (Å²) in [5.74, 6) is 0.678. The van der Waals surface area contributed by atoms with Gasteiger partial charge in [0, 0.05) is 25.2 Å². The lowest BCUT2D eigenvalue weighted by molar-refractivity contribution is -0.117. The van der Waals surface area contributed by atoms with E-state index in [1.165, 1.54) is 5.56 Å². The number of carbonyl (C=O) groups excluding carboxylic acids is 2. The standard InChI is InChI=1S/C24H31N5O2/c1-2-26-24(29-13-12-20(17-29)14-18-6-4-3-5-7-18)28-15-19-8-10-21(11-9-19)23(31)27-16-22(25)30/h3-11,20H,2,12-17H2,1H3,(H2,25,30)(H,26,28)(H,27,31). The van der Waals surface area contributed by atoms with Crippen molar-refractivity contribution in [2.75, 3.05) is 26.2 Å². The molecule has 0 spiro atoms. The van der Waals surface area contributed by atoms with Gasteiger partial charge in [-0.15, -0.1) is 0 Å². The molecule has 3 rings (SSSR count). The number of hydrogen-bond acceptors (Lipinski definition) is 3. The van der Waals surface area contributed by atoms with Gasteiger partial charge in [-0.25, -0.2) is 4.99 Å². The zero-order chi connectivity index (χ0) is 22.1. The van der Waals surface area contributed by atoms with Gasteiger partial charge in [-0.1, -0.05) is 42.5 Å². The SMILES string of the molecule is CCNC(=NCc1ccc(C(=O)NCC(N)=O)cc1)N1CCC(Cc2ccccc2)C1. The summed E-state index contributed by atoms with van der Waals surface area (Å²) in [6.07, 6.45) is 2.25. The minimum absolute atomic E-state index is 0.169. The molecule has 1 aliphatic rings. The Morgan fingerprint density at radius 3 is 2.48 bits per heavy atom. The average Bonchev–Trinajstić information content (AvgIpc) is 3.24. The molecule has 7 heteroatoms. The number of nitrogens with two attached hydrogens (primary N) is 1. The second kappa shape index (κ2) is 11.2. The Labute approximate surface area is 183 Å². The highest BCUT2D eigenvalue weighted by atomic mass is 16.2. The zero-order valence-electron chi connectivity index (χ0n) is 18.0. The topological polar surface area (TPSA) is 99.8 Å². The molecule has 2 aromatic rings. The van der Waals surface area contributed by atoms with Crippen LogP contribution in [0.15, 0.2) is 59.6 Å². The van der Waals surface area contributed by atoms with Crippen LogP contribution in [-0.2, 0) is 17.8 Å². The lowest BCUT2D eigenvalue weighted by Gasteiger charge is -2.21. The Morgan fingerprint density at radius 2 is 1.81 bits per heavy atom. The molecular formula is C24H31N5O2. The summed E-state index contributed by atoms with van der Waals surface area (Å²) >= 11 is 0. The molecule has 1 unspecified atom stereocenters. The number of likely N-dealkylation sites (tertiary alicyclic amines) is 1. The van der Waals surface area contributed by atoms with E-state index in [1.807, 2.05) is 12.1 Å². The normalized spacial score (nSPS) is 16.2. The summed E-state index contributed by atoms with van der Waals surface area (Å²) in [5.41, 5.74) is 7.95. The summed E-state index contributed by atoms with van der Waals surface area (Å²) in [4.78, 5) is 29.9. The zero-order valence-corrected chi connectivity index (χ0v) is 18.0. The van der Waals surface area contributed by atoms with Crippen molar-refractivity contribution in [2.45, 2.75) is 26.3 Å². The largest absolute Gasteiger partial charge is 0.368 e. The Kier molecular flexibility index (Phi) is 8.04. The highest BCUT2D eigenvalue weighted by Crippen LogP contribution is 2.21. The fourth-order valence-corrected chi connectivity index (χ4v) is 3.76. The minimum atomic E-state index is -0.566. The first kappa shape index (κ1) is 22.3. The van der Waals surface area contributed by atoms with E-state index < -0.39 is 5.91 Å². The smallest absolute Gasteiger partial charge is 0.251 e. The Balaban J connectivity index is 1.57. The molecule has 0 bridgehead atoms. The van der Waals surface area contributed by atoms with Crippen molar-refractivity contribution in [3.63, 3.8) is 0 Å². The van der Waals surface area contributed by atoms with E-state index in [0.29, 0.717) is 18.0 Å². The van der Waals surface area contributed by atoms with Crippen molar-refractivity contribution < 1.29 is 9.59 Å². The van der Waals surface area contributed by atoms with E-state index in [2.05, 4.69) is 52.8 Å². The van der Waals surface area contributed by atoms with Crippen LogP contribution in [0.4, 0.5) is 0 Å². The van der Waals surface area contributed by atoms with Crippen molar-refractivity contribution in [1.29, 1.82) is 0 Å². The highest BCUT2D eigenvalue weighted by Gasteiger charge is 2.24. The highest BCUT2D eigenvalue weighted by molar-refractivity contribution is 5.96. The van der Waals surface area contributed by atoms with Crippen LogP contribution in [0, 0.1) is 5.92 Å². The third-order valence-corrected chi connectivity index (χ3v) is 5.34. The van der Waals surface area contributed by atoms with Crippen molar-refractivity contribution in [3.8, 4) is 0 Å². The van der Waals surface area contributed by atoms with Crippen LogP contribution < -0.4 is 16.4 Å². The number of rotatable bonds is 8. The number of carbonyl (C=O) groups is 2. The van der Waals surface area contributed by atoms with Crippen LogP contribution in [0.1, 0.15) is 34.8 Å². The first-order chi connectivity index (χ1) is 15.0. The van der Waals surface area contributed by atoms with E-state index in [1.54, 1.807) is 12.1 Å². The number of guanidine groups is 1. The van der Waals surface area contributed by atoms with Gasteiger partial charge in [0.05, 0.1) is 13.1 Å². The fourth-order valence-electron chi connectivity index (χ4n) is 3.76. The van der Waals surface area contributed by atoms with E-state index in [-0.39, 0.29) is 12.5 Å². The number of amides is 2. The summed E-state index contributed by atoms with van der Waals surface area (Å²) in [7, 11) is 0. The van der Waals surface area contributed by atoms with Crippen molar-refractivity contribution >= 4 is 17.8 Å². The number of nitrogens with zero attached hydrogens (tertiary/aromatic N) is 2. The minimum Gasteiger partial charge on any atom is -0.368 e. The molecule has 31 heavy (non-hydrogen) atoms. The van der Waals surface area contributed by atoms with Gasteiger partial charge in [-0.3, -0.25) is 9.59 Å². The van der Waals surface area contributed by atoms with Gasteiger partial charge in [0.2, 0.25) is 5.91 Å². The lowest BCUT2D eigenvalue weighted by atomic mass is 9.99. The quantitative estimate of drug-likeness (QED) is 0.448. The molecule has 0 aromatic heterocycles. The van der Waals surface area contributed by atoms with Crippen LogP contribution in [0.2, 0.25) is 0 Å². The van der Waals surface area contributed by atoms with Crippen LogP contribution >= 0.6 is 0 Å². The van der Waals surface area contributed by atoms with Crippen LogP contribution in [0.5, 0.6) is 0 Å². The maximum atomic E-state index is 12.0. The first-order valence-electron chi connectivity index (χ1n) is 10.8. The number of benzene rings is 2. The Bertz CT molecular complexity index is 896. The lowest BCUT2D eigenvalue weighted by Crippen LogP contribution is -2.40. The van der Waals surface area contributed by atoms with E-state index in [9.17, 15) is 9.59 Å². The molecule has 164 valence electrons. The Morgan fingerprint density at radius 1 is 1.06 bits per heavy atom. The second-order valence-corrected chi connectivity index (χ2v) is 7.81. The monoisotopic (exact) mass is 421 g/mol. The van der Waals surface area contributed by atoms with Gasteiger partial charge < -0.3 is 21.3 Å². The fraction of sp³-hybridized carbons (Fsp3) is 0.375. The number of aliphatic imine (C=N–C) groups is 1. The maximum Gasteiger partial charge on any atom is 0.251 e. The van der Waals surface area contributed by atoms with Crippen molar-refractivity contribution in [1.82, 2.24) is 15.5 Å². The summed E-state index contributed by atoms with van der Waals surface area (Å²) in [6.45, 7) is 5.26. The van der Waals surface area contributed by atoms with Gasteiger partial charge >= 0.3 is 0 Å². The Hall–Kier alpha value is -3.35. The molecule has 1 saturated heterocycles. The van der Waals surface area contributed by atoms with Crippen molar-refractivity contribution in [3.05, 3.63) is 71.3 Å². The molecule has 1 fully saturated rings.